The molecule has 0 heterocycles. The van der Waals surface area contributed by atoms with E-state index >= 15 is 0 Å². The first-order valence-corrected chi connectivity index (χ1v) is 6.27. The Bertz CT molecular complexity index is 388. The van der Waals surface area contributed by atoms with Gasteiger partial charge in [0.1, 0.15) is 0 Å². The van der Waals surface area contributed by atoms with E-state index in [9.17, 15) is 0 Å². The predicted molar refractivity (Wildman–Crippen MR) is 76.7 cm³/mol. The number of para-hydroxylation sites is 1. The van der Waals surface area contributed by atoms with E-state index < -0.39 is 0 Å². The number of hydrogen-bond acceptors (Lipinski definition) is 2. The van der Waals surface area contributed by atoms with Gasteiger partial charge in [0, 0.05) is 24.9 Å². The number of nitrogens with one attached hydrogen (secondary N) is 1. The molecule has 0 aliphatic rings. The van der Waals surface area contributed by atoms with Crippen molar-refractivity contribution in [2.75, 3.05) is 19.0 Å². The molecule has 0 saturated heterocycles. The first-order chi connectivity index (χ1) is 8.63. The van der Waals surface area contributed by atoms with E-state index in [0.717, 1.165) is 24.2 Å². The Morgan fingerprint density at radius 3 is 2.78 bits per heavy atom. The van der Waals surface area contributed by atoms with Crippen molar-refractivity contribution in [3.05, 3.63) is 29.8 Å². The molecule has 0 radical (unpaired) electrons. The minimum Gasteiger partial charge on any atom is -0.380 e. The molecule has 1 aromatic carbocycles. The van der Waals surface area contributed by atoms with Crippen molar-refractivity contribution in [1.82, 2.24) is 0 Å². The van der Waals surface area contributed by atoms with Crippen molar-refractivity contribution in [3.63, 3.8) is 0 Å². The molecule has 0 spiro atoms. The largest absolute Gasteiger partial charge is 0.380 e. The van der Waals surface area contributed by atoms with Crippen LogP contribution in [0.5, 0.6) is 0 Å². The van der Waals surface area contributed by atoms with Crippen LogP contribution < -0.4 is 11.1 Å². The van der Waals surface area contributed by atoms with Crippen LogP contribution in [0.15, 0.2) is 29.3 Å². The normalized spacial score (nSPS) is 11.9. The number of nitrogens with two attached hydrogens (primary N) is 1. The molecular formula is C14H23N3O. The van der Waals surface area contributed by atoms with E-state index in [0.29, 0.717) is 18.5 Å². The number of rotatable bonds is 6. The Morgan fingerprint density at radius 1 is 1.39 bits per heavy atom. The highest BCUT2D eigenvalue weighted by Gasteiger charge is 2.02. The van der Waals surface area contributed by atoms with E-state index in [1.165, 1.54) is 0 Å². The number of hydrogen-bond donors (Lipinski definition) is 2. The van der Waals surface area contributed by atoms with Crippen LogP contribution in [0.2, 0.25) is 0 Å². The van der Waals surface area contributed by atoms with Gasteiger partial charge < -0.3 is 15.8 Å². The van der Waals surface area contributed by atoms with Crippen LogP contribution in [0.25, 0.3) is 0 Å². The third-order valence-corrected chi connectivity index (χ3v) is 2.57. The summed E-state index contributed by atoms with van der Waals surface area (Å²) in [7, 11) is 1.68. The lowest BCUT2D eigenvalue weighted by molar-refractivity contribution is 0.185. The molecule has 0 aromatic heterocycles. The smallest absolute Gasteiger partial charge is 0.193 e. The average molecular weight is 249 g/mol. The summed E-state index contributed by atoms with van der Waals surface area (Å²) in [5, 5.41) is 3.12. The zero-order chi connectivity index (χ0) is 13.4. The Hall–Kier alpha value is -1.55. The standard InChI is InChI=1S/C14H23N3O/c1-11(2)8-9-16-14(15)17-13-7-5-4-6-12(13)10-18-3/h4-7,11H,8-10H2,1-3H3,(H3,15,16,17). The molecule has 0 aliphatic heterocycles. The van der Waals surface area contributed by atoms with Crippen LogP contribution in [0, 0.1) is 5.92 Å². The fourth-order valence-electron chi connectivity index (χ4n) is 1.54. The maximum absolute atomic E-state index is 5.86. The number of nitrogens with zero attached hydrogens (tertiary/aromatic N) is 1. The summed E-state index contributed by atoms with van der Waals surface area (Å²) in [4.78, 5) is 4.30. The summed E-state index contributed by atoms with van der Waals surface area (Å²) in [6.45, 7) is 5.66. The topological polar surface area (TPSA) is 59.6 Å². The lowest BCUT2D eigenvalue weighted by Crippen LogP contribution is -2.23. The van der Waals surface area contributed by atoms with Crippen LogP contribution in [0.4, 0.5) is 5.69 Å². The number of methoxy groups -OCH3 is 1. The molecule has 0 amide bonds. The summed E-state index contributed by atoms with van der Waals surface area (Å²) in [5.74, 6) is 1.10. The quantitative estimate of drug-likeness (QED) is 0.602. The number of ether oxygens (including phenoxy) is 1. The van der Waals surface area contributed by atoms with Gasteiger partial charge in [-0.05, 0) is 18.4 Å². The Labute approximate surface area is 109 Å². The monoisotopic (exact) mass is 249 g/mol. The van der Waals surface area contributed by atoms with Crippen molar-refractivity contribution in [1.29, 1.82) is 0 Å². The van der Waals surface area contributed by atoms with E-state index in [1.54, 1.807) is 7.11 Å². The number of anilines is 1. The molecule has 4 nitrogen and oxygen atoms in total. The molecule has 0 atom stereocenters. The molecule has 100 valence electrons. The summed E-state index contributed by atoms with van der Waals surface area (Å²) in [5.41, 5.74) is 7.88. The number of benzene rings is 1. The van der Waals surface area contributed by atoms with Crippen LogP contribution in [0.3, 0.4) is 0 Å². The molecule has 0 saturated carbocycles. The van der Waals surface area contributed by atoms with Gasteiger partial charge in [-0.1, -0.05) is 32.0 Å². The first-order valence-electron chi connectivity index (χ1n) is 6.27. The Morgan fingerprint density at radius 2 is 2.11 bits per heavy atom. The van der Waals surface area contributed by atoms with Crippen molar-refractivity contribution < 1.29 is 4.74 Å². The van der Waals surface area contributed by atoms with Crippen molar-refractivity contribution in [2.24, 2.45) is 16.6 Å². The molecule has 0 fully saturated rings. The van der Waals surface area contributed by atoms with E-state index in [4.69, 9.17) is 10.5 Å². The van der Waals surface area contributed by atoms with E-state index in [2.05, 4.69) is 24.2 Å². The zero-order valence-corrected chi connectivity index (χ0v) is 11.4. The van der Waals surface area contributed by atoms with Crippen LogP contribution in [-0.4, -0.2) is 19.6 Å². The highest BCUT2D eigenvalue weighted by molar-refractivity contribution is 5.92. The van der Waals surface area contributed by atoms with Gasteiger partial charge in [0.15, 0.2) is 5.96 Å². The third kappa shape index (κ3) is 5.19. The van der Waals surface area contributed by atoms with Crippen LogP contribution >= 0.6 is 0 Å². The lowest BCUT2D eigenvalue weighted by atomic mass is 10.1. The maximum Gasteiger partial charge on any atom is 0.193 e. The minimum atomic E-state index is 0.458. The number of aliphatic imine (C=N–C) groups is 1. The minimum absolute atomic E-state index is 0.458. The van der Waals surface area contributed by atoms with Crippen molar-refractivity contribution in [2.45, 2.75) is 26.9 Å². The average Bonchev–Trinajstić information content (AvgIpc) is 2.31. The summed E-state index contributed by atoms with van der Waals surface area (Å²) in [6.07, 6.45) is 1.04. The Balaban J connectivity index is 2.60. The third-order valence-electron chi connectivity index (χ3n) is 2.57. The molecule has 3 N–H and O–H groups in total. The zero-order valence-electron chi connectivity index (χ0n) is 11.4. The van der Waals surface area contributed by atoms with Gasteiger partial charge in [-0.3, -0.25) is 4.99 Å². The van der Waals surface area contributed by atoms with Crippen molar-refractivity contribution in [3.8, 4) is 0 Å². The maximum atomic E-state index is 5.86. The molecule has 1 aromatic rings. The summed E-state index contributed by atoms with van der Waals surface area (Å²) < 4.78 is 5.14. The van der Waals surface area contributed by atoms with Gasteiger partial charge in [-0.15, -0.1) is 0 Å². The van der Waals surface area contributed by atoms with Crippen LogP contribution in [-0.2, 0) is 11.3 Å². The molecule has 0 unspecified atom stereocenters. The number of guanidine groups is 1. The fourth-order valence-corrected chi connectivity index (χ4v) is 1.54. The lowest BCUT2D eigenvalue weighted by Gasteiger charge is -2.11. The highest BCUT2D eigenvalue weighted by atomic mass is 16.5. The first kappa shape index (κ1) is 14.5. The van der Waals surface area contributed by atoms with Gasteiger partial charge in [-0.2, -0.15) is 0 Å². The second kappa shape index (κ2) is 7.71. The molecular weight excluding hydrogens is 226 g/mol. The summed E-state index contributed by atoms with van der Waals surface area (Å²) in [6, 6.07) is 7.92. The fraction of sp³-hybridized carbons (Fsp3) is 0.500. The van der Waals surface area contributed by atoms with Gasteiger partial charge in [0.2, 0.25) is 0 Å². The highest BCUT2D eigenvalue weighted by Crippen LogP contribution is 2.15. The van der Waals surface area contributed by atoms with Crippen molar-refractivity contribution >= 4 is 11.6 Å². The van der Waals surface area contributed by atoms with Gasteiger partial charge >= 0.3 is 0 Å². The predicted octanol–water partition coefficient (Wildman–Crippen LogP) is 2.61. The second-order valence-corrected chi connectivity index (χ2v) is 4.66. The molecule has 0 aliphatic carbocycles. The second-order valence-electron chi connectivity index (χ2n) is 4.66. The molecule has 0 bridgehead atoms. The van der Waals surface area contributed by atoms with Gasteiger partial charge in [-0.25, -0.2) is 0 Å². The molecule has 18 heavy (non-hydrogen) atoms. The van der Waals surface area contributed by atoms with Crippen LogP contribution in [0.1, 0.15) is 25.8 Å². The van der Waals surface area contributed by atoms with E-state index in [-0.39, 0.29) is 0 Å². The van der Waals surface area contributed by atoms with E-state index in [1.807, 2.05) is 24.3 Å². The van der Waals surface area contributed by atoms with Gasteiger partial charge in [0.25, 0.3) is 0 Å². The van der Waals surface area contributed by atoms with Gasteiger partial charge in [0.05, 0.1) is 6.61 Å². The molecule has 1 rings (SSSR count). The SMILES string of the molecule is COCc1ccccc1NC(N)=NCCC(C)C. The summed E-state index contributed by atoms with van der Waals surface area (Å²) >= 11 is 0. The molecule has 4 heteroatoms. The Kier molecular flexibility index (Phi) is 6.22.